The molecule has 10 atom stereocenters. The van der Waals surface area contributed by atoms with E-state index in [9.17, 15) is 5.11 Å². The molecule has 0 aromatic carbocycles. The maximum atomic E-state index is 10.4. The number of epoxide rings is 1. The molecule has 0 amide bonds. The van der Waals surface area contributed by atoms with Crippen LogP contribution in [-0.2, 0) is 4.74 Å². The van der Waals surface area contributed by atoms with Crippen LogP contribution in [0.2, 0.25) is 0 Å². The molecule has 1 N–H and O–H groups in total. The van der Waals surface area contributed by atoms with Gasteiger partial charge in [-0.25, -0.2) is 0 Å². The molecule has 2 heteroatoms. The van der Waals surface area contributed by atoms with Crippen LogP contribution in [0.5, 0.6) is 0 Å². The van der Waals surface area contributed by atoms with Crippen LogP contribution >= 0.6 is 0 Å². The van der Waals surface area contributed by atoms with E-state index < -0.39 is 0 Å². The molecule has 5 aliphatic rings. The summed E-state index contributed by atoms with van der Waals surface area (Å²) in [6.45, 7) is 12.6. The van der Waals surface area contributed by atoms with Crippen molar-refractivity contribution in [2.75, 3.05) is 0 Å². The summed E-state index contributed by atoms with van der Waals surface area (Å²) in [6.07, 6.45) is 14.8. The molecule has 1 spiro atoms. The molecule has 166 valence electrons. The molecule has 1 saturated heterocycles. The van der Waals surface area contributed by atoms with Gasteiger partial charge in [-0.2, -0.15) is 0 Å². The van der Waals surface area contributed by atoms with E-state index in [2.05, 4.69) is 34.6 Å². The van der Waals surface area contributed by atoms with Crippen molar-refractivity contribution in [3.05, 3.63) is 0 Å². The lowest BCUT2D eigenvalue weighted by molar-refractivity contribution is -0.116. The highest BCUT2D eigenvalue weighted by Gasteiger charge is 2.76. The standard InChI is InChI=1S/C27H46O2/c1-17(2)7-6-8-18(3)21-9-10-22-20-15-24-27(29-24)16-19(28)11-14-26(27,5)23(20)12-13-25(21,22)4/h17-24,28H,6-16H2,1-5H3. The summed E-state index contributed by atoms with van der Waals surface area (Å²) in [5, 5.41) is 10.4. The Balaban J connectivity index is 1.33. The second-order valence-corrected chi connectivity index (χ2v) is 13.0. The highest BCUT2D eigenvalue weighted by Crippen LogP contribution is 2.74. The summed E-state index contributed by atoms with van der Waals surface area (Å²) in [6, 6.07) is 0. The first kappa shape index (κ1) is 20.8. The molecule has 4 aliphatic carbocycles. The van der Waals surface area contributed by atoms with E-state index in [4.69, 9.17) is 4.74 Å². The number of rotatable bonds is 5. The molecule has 1 heterocycles. The van der Waals surface area contributed by atoms with Crippen LogP contribution in [0.1, 0.15) is 105 Å². The Kier molecular flexibility index (Phi) is 4.99. The molecular weight excluding hydrogens is 356 g/mol. The average molecular weight is 403 g/mol. The first-order valence-electron chi connectivity index (χ1n) is 13.1. The molecule has 0 bridgehead atoms. The maximum Gasteiger partial charge on any atom is 0.103 e. The Hall–Kier alpha value is -0.0800. The quantitative estimate of drug-likeness (QED) is 0.525. The zero-order valence-corrected chi connectivity index (χ0v) is 19.8. The van der Waals surface area contributed by atoms with E-state index >= 15 is 0 Å². The van der Waals surface area contributed by atoms with Gasteiger partial charge in [0, 0.05) is 11.8 Å². The zero-order chi connectivity index (χ0) is 20.6. The van der Waals surface area contributed by atoms with E-state index in [0.29, 0.717) is 16.9 Å². The van der Waals surface area contributed by atoms with E-state index in [0.717, 1.165) is 48.3 Å². The third-order valence-corrected chi connectivity index (χ3v) is 11.3. The highest BCUT2D eigenvalue weighted by molar-refractivity contribution is 5.24. The van der Waals surface area contributed by atoms with Crippen molar-refractivity contribution in [2.24, 2.45) is 46.3 Å². The van der Waals surface area contributed by atoms with Gasteiger partial charge in [0.25, 0.3) is 0 Å². The molecule has 2 nitrogen and oxygen atoms in total. The van der Waals surface area contributed by atoms with Crippen molar-refractivity contribution >= 4 is 0 Å². The summed E-state index contributed by atoms with van der Waals surface area (Å²) >= 11 is 0. The lowest BCUT2D eigenvalue weighted by Gasteiger charge is -2.59. The van der Waals surface area contributed by atoms with Crippen molar-refractivity contribution < 1.29 is 9.84 Å². The van der Waals surface area contributed by atoms with Gasteiger partial charge in [0.05, 0.1) is 12.2 Å². The molecule has 4 saturated carbocycles. The molecule has 5 fully saturated rings. The summed E-state index contributed by atoms with van der Waals surface area (Å²) < 4.78 is 6.51. The minimum Gasteiger partial charge on any atom is -0.393 e. The van der Waals surface area contributed by atoms with Crippen LogP contribution in [0.3, 0.4) is 0 Å². The highest BCUT2D eigenvalue weighted by atomic mass is 16.6. The van der Waals surface area contributed by atoms with Gasteiger partial charge in [0.1, 0.15) is 5.60 Å². The number of aliphatic hydroxyl groups is 1. The fourth-order valence-corrected chi connectivity index (χ4v) is 9.68. The van der Waals surface area contributed by atoms with Gasteiger partial charge < -0.3 is 9.84 Å². The predicted molar refractivity (Wildman–Crippen MR) is 119 cm³/mol. The molecule has 29 heavy (non-hydrogen) atoms. The molecule has 0 aromatic rings. The fourth-order valence-electron chi connectivity index (χ4n) is 9.68. The van der Waals surface area contributed by atoms with Crippen molar-refractivity contribution in [3.63, 3.8) is 0 Å². The van der Waals surface area contributed by atoms with Gasteiger partial charge in [-0.3, -0.25) is 0 Å². The first-order chi connectivity index (χ1) is 13.7. The number of hydrogen-bond acceptors (Lipinski definition) is 2. The maximum absolute atomic E-state index is 10.4. The van der Waals surface area contributed by atoms with Gasteiger partial charge >= 0.3 is 0 Å². The lowest BCUT2D eigenvalue weighted by Crippen LogP contribution is -2.58. The topological polar surface area (TPSA) is 32.8 Å². The smallest absolute Gasteiger partial charge is 0.103 e. The van der Waals surface area contributed by atoms with Gasteiger partial charge in [-0.15, -0.1) is 0 Å². The van der Waals surface area contributed by atoms with Crippen LogP contribution in [0, 0.1) is 46.3 Å². The van der Waals surface area contributed by atoms with E-state index in [1.807, 2.05) is 0 Å². The van der Waals surface area contributed by atoms with Crippen LogP contribution in [0.4, 0.5) is 0 Å². The van der Waals surface area contributed by atoms with Gasteiger partial charge in [-0.05, 0) is 85.9 Å². The summed E-state index contributed by atoms with van der Waals surface area (Å²) in [5.74, 6) is 5.31. The molecule has 0 radical (unpaired) electrons. The predicted octanol–water partition coefficient (Wildman–Crippen LogP) is 6.60. The van der Waals surface area contributed by atoms with Crippen molar-refractivity contribution in [3.8, 4) is 0 Å². The minimum absolute atomic E-state index is 0.0434. The molecule has 5 rings (SSSR count). The normalized spacial score (nSPS) is 54.3. The van der Waals surface area contributed by atoms with E-state index in [-0.39, 0.29) is 11.7 Å². The largest absolute Gasteiger partial charge is 0.393 e. The van der Waals surface area contributed by atoms with Crippen LogP contribution < -0.4 is 0 Å². The van der Waals surface area contributed by atoms with Gasteiger partial charge in [0.15, 0.2) is 0 Å². The SMILES string of the molecule is CC(C)CCCC(C)C1CCC2C3CC4OC45CC(O)CCC5(C)C3CCC12C. The monoisotopic (exact) mass is 402 g/mol. The molecular formula is C27H46O2. The van der Waals surface area contributed by atoms with Crippen molar-refractivity contribution in [1.29, 1.82) is 0 Å². The summed E-state index contributed by atoms with van der Waals surface area (Å²) in [4.78, 5) is 0. The first-order valence-corrected chi connectivity index (χ1v) is 13.1. The molecule has 10 unspecified atom stereocenters. The third kappa shape index (κ3) is 2.94. The number of ether oxygens (including phenoxy) is 1. The Morgan fingerprint density at radius 1 is 0.966 bits per heavy atom. The third-order valence-electron chi connectivity index (χ3n) is 11.3. The van der Waals surface area contributed by atoms with Crippen LogP contribution in [0.25, 0.3) is 0 Å². The van der Waals surface area contributed by atoms with Gasteiger partial charge in [0.2, 0.25) is 0 Å². The lowest BCUT2D eigenvalue weighted by atomic mass is 9.44. The number of fused-ring (bicyclic) bond motifs is 4. The van der Waals surface area contributed by atoms with Crippen LogP contribution in [-0.4, -0.2) is 22.9 Å². The summed E-state index contributed by atoms with van der Waals surface area (Å²) in [5.41, 5.74) is 0.932. The van der Waals surface area contributed by atoms with Crippen molar-refractivity contribution in [1.82, 2.24) is 0 Å². The fraction of sp³-hybridized carbons (Fsp3) is 1.00. The van der Waals surface area contributed by atoms with E-state index in [1.165, 1.54) is 57.8 Å². The second kappa shape index (κ2) is 6.96. The zero-order valence-electron chi connectivity index (χ0n) is 19.8. The minimum atomic E-state index is -0.124. The summed E-state index contributed by atoms with van der Waals surface area (Å²) in [7, 11) is 0. The average Bonchev–Trinajstić information content (AvgIpc) is 3.22. The van der Waals surface area contributed by atoms with Gasteiger partial charge in [-0.1, -0.05) is 53.9 Å². The Bertz CT molecular complexity index is 630. The molecule has 1 aliphatic heterocycles. The van der Waals surface area contributed by atoms with Crippen LogP contribution in [0.15, 0.2) is 0 Å². The number of aliphatic hydroxyl groups excluding tert-OH is 1. The Labute approximate surface area is 179 Å². The van der Waals surface area contributed by atoms with Crippen molar-refractivity contribution in [2.45, 2.75) is 123 Å². The van der Waals surface area contributed by atoms with E-state index in [1.54, 1.807) is 0 Å². The Morgan fingerprint density at radius 3 is 2.52 bits per heavy atom. The Morgan fingerprint density at radius 2 is 1.76 bits per heavy atom. The molecule has 0 aromatic heterocycles. The number of hydrogen-bond donors (Lipinski definition) is 1. The second-order valence-electron chi connectivity index (χ2n) is 13.0.